The second-order valence-electron chi connectivity index (χ2n) is 4.45. The van der Waals surface area contributed by atoms with Gasteiger partial charge in [0.2, 0.25) is 5.91 Å². The Balaban J connectivity index is 0.00000289. The zero-order valence-electron chi connectivity index (χ0n) is 11.2. The van der Waals surface area contributed by atoms with Crippen LogP contribution in [0.5, 0.6) is 0 Å². The Kier molecular flexibility index (Phi) is 10.0. The smallest absolute Gasteiger partial charge is 0.222 e. The zero-order chi connectivity index (χ0) is 12.5. The SMILES string of the molecule is C=CCOCCCC(=O)N(C)C1CCNCC1.Cl. The first-order valence-electron chi connectivity index (χ1n) is 6.40. The van der Waals surface area contributed by atoms with Crippen molar-refractivity contribution < 1.29 is 9.53 Å². The predicted molar refractivity (Wildman–Crippen MR) is 76.2 cm³/mol. The highest BCUT2D eigenvalue weighted by Gasteiger charge is 2.21. The van der Waals surface area contributed by atoms with Crippen molar-refractivity contribution in [3.63, 3.8) is 0 Å². The van der Waals surface area contributed by atoms with Gasteiger partial charge in [0.1, 0.15) is 0 Å². The number of hydrogen-bond donors (Lipinski definition) is 1. The van der Waals surface area contributed by atoms with E-state index < -0.39 is 0 Å². The molecule has 1 fully saturated rings. The van der Waals surface area contributed by atoms with Gasteiger partial charge in [0.05, 0.1) is 6.61 Å². The Hall–Kier alpha value is -0.580. The molecule has 5 heteroatoms. The van der Waals surface area contributed by atoms with Crippen molar-refractivity contribution in [2.45, 2.75) is 31.7 Å². The van der Waals surface area contributed by atoms with Crippen LogP contribution in [0.25, 0.3) is 0 Å². The molecular formula is C13H25ClN2O2. The lowest BCUT2D eigenvalue weighted by atomic mass is 10.0. The van der Waals surface area contributed by atoms with Crippen molar-refractivity contribution in [2.24, 2.45) is 0 Å². The molecule has 1 aliphatic heterocycles. The van der Waals surface area contributed by atoms with Gasteiger partial charge < -0.3 is 15.0 Å². The summed E-state index contributed by atoms with van der Waals surface area (Å²) in [6.45, 7) is 6.82. The molecule has 106 valence electrons. The number of rotatable bonds is 7. The van der Waals surface area contributed by atoms with E-state index in [1.165, 1.54) is 0 Å². The van der Waals surface area contributed by atoms with E-state index >= 15 is 0 Å². The Morgan fingerprint density at radius 1 is 1.50 bits per heavy atom. The fourth-order valence-corrected chi connectivity index (χ4v) is 2.07. The largest absolute Gasteiger partial charge is 0.377 e. The van der Waals surface area contributed by atoms with Crippen LogP contribution in [0, 0.1) is 0 Å². The summed E-state index contributed by atoms with van der Waals surface area (Å²) in [4.78, 5) is 13.8. The van der Waals surface area contributed by atoms with Gasteiger partial charge in [0, 0.05) is 26.1 Å². The highest BCUT2D eigenvalue weighted by molar-refractivity contribution is 5.85. The molecule has 0 unspecified atom stereocenters. The van der Waals surface area contributed by atoms with E-state index in [-0.39, 0.29) is 18.3 Å². The van der Waals surface area contributed by atoms with Crippen LogP contribution in [0.3, 0.4) is 0 Å². The van der Waals surface area contributed by atoms with Gasteiger partial charge in [0.25, 0.3) is 0 Å². The minimum Gasteiger partial charge on any atom is -0.377 e. The number of nitrogens with zero attached hydrogens (tertiary/aromatic N) is 1. The van der Waals surface area contributed by atoms with Gasteiger partial charge in [-0.05, 0) is 32.4 Å². The fourth-order valence-electron chi connectivity index (χ4n) is 2.07. The van der Waals surface area contributed by atoms with Crippen LogP contribution in [0.4, 0.5) is 0 Å². The highest BCUT2D eigenvalue weighted by atomic mass is 35.5. The number of nitrogens with one attached hydrogen (secondary N) is 1. The van der Waals surface area contributed by atoms with E-state index in [0.29, 0.717) is 25.7 Å². The summed E-state index contributed by atoms with van der Waals surface area (Å²) >= 11 is 0. The van der Waals surface area contributed by atoms with Crippen molar-refractivity contribution >= 4 is 18.3 Å². The average Bonchev–Trinajstić information content (AvgIpc) is 2.38. The molecule has 0 bridgehead atoms. The minimum absolute atomic E-state index is 0. The fraction of sp³-hybridized carbons (Fsp3) is 0.769. The van der Waals surface area contributed by atoms with Crippen LogP contribution in [0.2, 0.25) is 0 Å². The molecule has 4 nitrogen and oxygen atoms in total. The first kappa shape index (κ1) is 17.4. The molecule has 18 heavy (non-hydrogen) atoms. The molecule has 1 aliphatic rings. The Morgan fingerprint density at radius 3 is 2.78 bits per heavy atom. The molecule has 0 radical (unpaired) electrons. The number of carbonyl (C=O) groups excluding carboxylic acids is 1. The van der Waals surface area contributed by atoms with Gasteiger partial charge in [-0.15, -0.1) is 19.0 Å². The third-order valence-electron chi connectivity index (χ3n) is 3.16. The summed E-state index contributed by atoms with van der Waals surface area (Å²) in [6, 6.07) is 0.415. The highest BCUT2D eigenvalue weighted by Crippen LogP contribution is 2.11. The first-order valence-corrected chi connectivity index (χ1v) is 6.40. The number of hydrogen-bond acceptors (Lipinski definition) is 3. The second kappa shape index (κ2) is 10.4. The molecule has 1 N–H and O–H groups in total. The number of ether oxygens (including phenoxy) is 1. The third kappa shape index (κ3) is 6.38. The van der Waals surface area contributed by atoms with Gasteiger partial charge in [0.15, 0.2) is 0 Å². The molecule has 1 rings (SSSR count). The number of carbonyl (C=O) groups is 1. The lowest BCUT2D eigenvalue weighted by Crippen LogP contribution is -2.43. The van der Waals surface area contributed by atoms with Gasteiger partial charge in [-0.1, -0.05) is 6.08 Å². The molecule has 0 aromatic carbocycles. The van der Waals surface area contributed by atoms with Crippen molar-refractivity contribution in [1.29, 1.82) is 0 Å². The molecule has 0 atom stereocenters. The molecule has 1 heterocycles. The molecule has 1 amide bonds. The molecule has 0 aromatic heterocycles. The minimum atomic E-state index is 0. The van der Waals surface area contributed by atoms with Crippen molar-refractivity contribution in [3.8, 4) is 0 Å². The van der Waals surface area contributed by atoms with E-state index in [2.05, 4.69) is 11.9 Å². The van der Waals surface area contributed by atoms with Crippen molar-refractivity contribution in [3.05, 3.63) is 12.7 Å². The number of piperidine rings is 1. The van der Waals surface area contributed by atoms with E-state index in [1.807, 2.05) is 11.9 Å². The number of halogens is 1. The van der Waals surface area contributed by atoms with Gasteiger partial charge in [-0.25, -0.2) is 0 Å². The van der Waals surface area contributed by atoms with E-state index in [9.17, 15) is 4.79 Å². The van der Waals surface area contributed by atoms with Crippen LogP contribution >= 0.6 is 12.4 Å². The van der Waals surface area contributed by atoms with Crippen LogP contribution in [-0.4, -0.2) is 50.2 Å². The molecule has 0 saturated carbocycles. The Labute approximate surface area is 116 Å². The van der Waals surface area contributed by atoms with Gasteiger partial charge in [-0.3, -0.25) is 4.79 Å². The predicted octanol–water partition coefficient (Wildman–Crippen LogP) is 1.60. The molecule has 0 aliphatic carbocycles. The van der Waals surface area contributed by atoms with Crippen LogP contribution in [0.1, 0.15) is 25.7 Å². The second-order valence-corrected chi connectivity index (χ2v) is 4.45. The quantitative estimate of drug-likeness (QED) is 0.567. The van der Waals surface area contributed by atoms with Crippen LogP contribution in [-0.2, 0) is 9.53 Å². The topological polar surface area (TPSA) is 41.6 Å². The first-order chi connectivity index (χ1) is 8.25. The van der Waals surface area contributed by atoms with E-state index in [1.54, 1.807) is 6.08 Å². The van der Waals surface area contributed by atoms with Gasteiger partial charge >= 0.3 is 0 Å². The normalized spacial score (nSPS) is 15.8. The summed E-state index contributed by atoms with van der Waals surface area (Å²) in [5, 5.41) is 3.31. The molecular weight excluding hydrogens is 252 g/mol. The molecule has 0 spiro atoms. The lowest BCUT2D eigenvalue weighted by molar-refractivity contribution is -0.132. The van der Waals surface area contributed by atoms with E-state index in [4.69, 9.17) is 4.74 Å². The van der Waals surface area contributed by atoms with Crippen LogP contribution in [0.15, 0.2) is 12.7 Å². The van der Waals surface area contributed by atoms with Crippen molar-refractivity contribution in [1.82, 2.24) is 10.2 Å². The maximum atomic E-state index is 11.9. The summed E-state index contributed by atoms with van der Waals surface area (Å²) in [5.74, 6) is 0.235. The lowest BCUT2D eigenvalue weighted by Gasteiger charge is -2.31. The monoisotopic (exact) mass is 276 g/mol. The van der Waals surface area contributed by atoms with Crippen LogP contribution < -0.4 is 5.32 Å². The summed E-state index contributed by atoms with van der Waals surface area (Å²) in [5.41, 5.74) is 0. The Bertz CT molecular complexity index is 243. The van der Waals surface area contributed by atoms with Crippen molar-refractivity contribution in [2.75, 3.05) is 33.4 Å². The standard InChI is InChI=1S/C13H24N2O2.ClH/c1-3-10-17-11-4-5-13(16)15(2)12-6-8-14-9-7-12;/h3,12,14H,1,4-11H2,2H3;1H. The maximum absolute atomic E-state index is 11.9. The number of amides is 1. The summed E-state index contributed by atoms with van der Waals surface area (Å²) in [7, 11) is 1.92. The summed E-state index contributed by atoms with van der Waals surface area (Å²) in [6.07, 6.45) is 5.23. The Morgan fingerprint density at radius 2 is 2.17 bits per heavy atom. The molecule has 0 aromatic rings. The summed E-state index contributed by atoms with van der Waals surface area (Å²) < 4.78 is 5.26. The molecule has 1 saturated heterocycles. The van der Waals surface area contributed by atoms with E-state index in [0.717, 1.165) is 32.4 Å². The third-order valence-corrected chi connectivity index (χ3v) is 3.16. The zero-order valence-corrected chi connectivity index (χ0v) is 12.0. The van der Waals surface area contributed by atoms with Gasteiger partial charge in [-0.2, -0.15) is 0 Å². The maximum Gasteiger partial charge on any atom is 0.222 e. The average molecular weight is 277 g/mol.